The number of para-hydroxylation sites is 1. The Labute approximate surface area is 210 Å². The molecule has 2 N–H and O–H groups in total. The topological polar surface area (TPSA) is 78.1 Å². The molecule has 0 bridgehead atoms. The van der Waals surface area contributed by atoms with Gasteiger partial charge in [-0.3, -0.25) is 10.1 Å². The van der Waals surface area contributed by atoms with Crippen molar-refractivity contribution in [1.29, 1.82) is 0 Å². The Balaban J connectivity index is 1.17. The maximum Gasteiger partial charge on any atom is 0.257 e. The summed E-state index contributed by atoms with van der Waals surface area (Å²) in [5.74, 6) is 1.90. The van der Waals surface area contributed by atoms with Crippen LogP contribution in [0.3, 0.4) is 0 Å². The van der Waals surface area contributed by atoms with Crippen LogP contribution >= 0.6 is 12.2 Å². The number of benzene rings is 3. The van der Waals surface area contributed by atoms with E-state index in [4.69, 9.17) is 31.2 Å². The smallest absolute Gasteiger partial charge is 0.257 e. The molecule has 0 radical (unpaired) electrons. The fourth-order valence-corrected chi connectivity index (χ4v) is 3.69. The zero-order chi connectivity index (χ0) is 24.3. The first-order chi connectivity index (χ1) is 17.2. The Morgan fingerprint density at radius 3 is 2.14 bits per heavy atom. The van der Waals surface area contributed by atoms with E-state index in [-0.39, 0.29) is 17.1 Å². The molecule has 0 aromatic heterocycles. The van der Waals surface area contributed by atoms with Crippen molar-refractivity contribution in [3.05, 3.63) is 84.4 Å². The molecule has 0 spiro atoms. The predicted octanol–water partition coefficient (Wildman–Crippen LogP) is 4.83. The molecular formula is C27H28N2O5S. The molecular weight excluding hydrogens is 464 g/mol. The lowest BCUT2D eigenvalue weighted by Crippen LogP contribution is -2.34. The van der Waals surface area contributed by atoms with Gasteiger partial charge in [0.25, 0.3) is 5.91 Å². The van der Waals surface area contributed by atoms with Gasteiger partial charge in [0, 0.05) is 17.9 Å². The molecule has 1 amide bonds. The molecule has 1 fully saturated rings. The minimum Gasteiger partial charge on any atom is -0.491 e. The third kappa shape index (κ3) is 7.98. The van der Waals surface area contributed by atoms with Gasteiger partial charge in [-0.25, -0.2) is 0 Å². The van der Waals surface area contributed by atoms with Crippen molar-refractivity contribution in [2.45, 2.75) is 18.9 Å². The van der Waals surface area contributed by atoms with E-state index >= 15 is 0 Å². The second-order valence-corrected chi connectivity index (χ2v) is 8.32. The van der Waals surface area contributed by atoms with Crippen LogP contribution in [0.15, 0.2) is 78.9 Å². The normalized spacial score (nSPS) is 14.7. The van der Waals surface area contributed by atoms with Crippen molar-refractivity contribution in [3.63, 3.8) is 0 Å². The van der Waals surface area contributed by atoms with E-state index in [9.17, 15) is 4.79 Å². The molecule has 3 aromatic rings. The van der Waals surface area contributed by atoms with E-state index in [1.165, 1.54) is 0 Å². The minimum absolute atomic E-state index is 0.171. The lowest BCUT2D eigenvalue weighted by Gasteiger charge is -2.13. The number of nitrogens with one attached hydrogen (secondary N) is 2. The van der Waals surface area contributed by atoms with Crippen molar-refractivity contribution >= 4 is 28.9 Å². The van der Waals surface area contributed by atoms with Gasteiger partial charge in [0.15, 0.2) is 5.11 Å². The average molecular weight is 493 g/mol. The van der Waals surface area contributed by atoms with Crippen molar-refractivity contribution < 1.29 is 23.7 Å². The van der Waals surface area contributed by atoms with E-state index in [1.54, 1.807) is 24.3 Å². The Hall–Kier alpha value is -3.62. The fraction of sp³-hybridized carbons (Fsp3) is 0.259. The van der Waals surface area contributed by atoms with Crippen LogP contribution in [0.1, 0.15) is 23.2 Å². The summed E-state index contributed by atoms with van der Waals surface area (Å²) in [7, 11) is 0. The molecule has 182 valence electrons. The van der Waals surface area contributed by atoms with Crippen LogP contribution in [0, 0.1) is 0 Å². The number of carbonyl (C=O) groups excluding carboxylic acids is 1. The highest BCUT2D eigenvalue weighted by Gasteiger charge is 2.16. The Morgan fingerprint density at radius 2 is 1.49 bits per heavy atom. The third-order valence-corrected chi connectivity index (χ3v) is 5.48. The molecule has 1 aliphatic heterocycles. The Morgan fingerprint density at radius 1 is 0.857 bits per heavy atom. The van der Waals surface area contributed by atoms with Crippen LogP contribution < -0.4 is 24.8 Å². The number of hydrogen-bond acceptors (Lipinski definition) is 6. The molecule has 3 aromatic carbocycles. The molecule has 1 heterocycles. The zero-order valence-corrected chi connectivity index (χ0v) is 20.1. The van der Waals surface area contributed by atoms with Crippen molar-refractivity contribution in [3.8, 4) is 17.2 Å². The molecule has 0 saturated carbocycles. The van der Waals surface area contributed by atoms with Crippen LogP contribution in [0.2, 0.25) is 0 Å². The Kier molecular flexibility index (Phi) is 8.91. The van der Waals surface area contributed by atoms with Crippen molar-refractivity contribution in [2.75, 3.05) is 31.7 Å². The highest BCUT2D eigenvalue weighted by Crippen LogP contribution is 2.19. The minimum atomic E-state index is -0.307. The van der Waals surface area contributed by atoms with Gasteiger partial charge < -0.3 is 24.3 Å². The second-order valence-electron chi connectivity index (χ2n) is 7.91. The summed E-state index contributed by atoms with van der Waals surface area (Å²) in [6.07, 6.45) is 2.29. The summed E-state index contributed by atoms with van der Waals surface area (Å²) in [6, 6.07) is 23.8. The predicted molar refractivity (Wildman–Crippen MR) is 138 cm³/mol. The molecule has 4 rings (SSSR count). The van der Waals surface area contributed by atoms with Crippen LogP contribution in [-0.4, -0.2) is 43.6 Å². The zero-order valence-electron chi connectivity index (χ0n) is 19.3. The van der Waals surface area contributed by atoms with E-state index < -0.39 is 0 Å². The van der Waals surface area contributed by atoms with Gasteiger partial charge in [-0.15, -0.1) is 0 Å². The first kappa shape index (κ1) is 24.5. The van der Waals surface area contributed by atoms with Gasteiger partial charge in [0.05, 0.1) is 6.10 Å². The molecule has 1 unspecified atom stereocenters. The number of amides is 1. The summed E-state index contributed by atoms with van der Waals surface area (Å²) in [5.41, 5.74) is 1.22. The van der Waals surface area contributed by atoms with E-state index in [2.05, 4.69) is 10.6 Å². The number of rotatable bonds is 10. The molecule has 0 aliphatic carbocycles. The van der Waals surface area contributed by atoms with Crippen LogP contribution in [0.4, 0.5) is 5.69 Å². The number of carbonyl (C=O) groups is 1. The van der Waals surface area contributed by atoms with Gasteiger partial charge in [0.1, 0.15) is 37.1 Å². The number of anilines is 1. The number of hydrogen-bond donors (Lipinski definition) is 2. The van der Waals surface area contributed by atoms with Gasteiger partial charge >= 0.3 is 0 Å². The average Bonchev–Trinajstić information content (AvgIpc) is 3.41. The van der Waals surface area contributed by atoms with E-state index in [1.807, 2.05) is 54.6 Å². The van der Waals surface area contributed by atoms with Crippen LogP contribution in [-0.2, 0) is 4.74 Å². The first-order valence-electron chi connectivity index (χ1n) is 11.5. The SMILES string of the molecule is O=C(NC(=S)Nc1ccc(OCC2CCCO2)cc1)c1ccc(OCCOc2ccccc2)cc1. The maximum atomic E-state index is 12.5. The maximum absolute atomic E-state index is 12.5. The molecule has 1 aliphatic rings. The van der Waals surface area contributed by atoms with Crippen molar-refractivity contribution in [1.82, 2.24) is 5.32 Å². The van der Waals surface area contributed by atoms with Gasteiger partial charge in [-0.05, 0) is 85.7 Å². The highest BCUT2D eigenvalue weighted by atomic mass is 32.1. The van der Waals surface area contributed by atoms with Gasteiger partial charge in [-0.1, -0.05) is 18.2 Å². The largest absolute Gasteiger partial charge is 0.491 e. The summed E-state index contributed by atoms with van der Waals surface area (Å²) >= 11 is 5.28. The lowest BCUT2D eigenvalue weighted by molar-refractivity contribution is 0.0679. The lowest BCUT2D eigenvalue weighted by atomic mass is 10.2. The third-order valence-electron chi connectivity index (χ3n) is 5.28. The first-order valence-corrected chi connectivity index (χ1v) is 11.9. The molecule has 1 saturated heterocycles. The number of ether oxygens (including phenoxy) is 4. The molecule has 35 heavy (non-hydrogen) atoms. The summed E-state index contributed by atoms with van der Waals surface area (Å²) < 4.78 is 22.6. The van der Waals surface area contributed by atoms with E-state index in [0.717, 1.165) is 36.6 Å². The summed E-state index contributed by atoms with van der Waals surface area (Å²) in [4.78, 5) is 12.5. The van der Waals surface area contributed by atoms with Crippen molar-refractivity contribution in [2.24, 2.45) is 0 Å². The summed E-state index contributed by atoms with van der Waals surface area (Å²) in [5, 5.41) is 5.90. The van der Waals surface area contributed by atoms with Gasteiger partial charge in [0.2, 0.25) is 0 Å². The van der Waals surface area contributed by atoms with E-state index in [0.29, 0.717) is 31.1 Å². The van der Waals surface area contributed by atoms with Crippen LogP contribution in [0.5, 0.6) is 17.2 Å². The van der Waals surface area contributed by atoms with Gasteiger partial charge in [-0.2, -0.15) is 0 Å². The molecule has 8 heteroatoms. The monoisotopic (exact) mass is 492 g/mol. The second kappa shape index (κ2) is 12.7. The molecule has 7 nitrogen and oxygen atoms in total. The van der Waals surface area contributed by atoms with Crippen LogP contribution in [0.25, 0.3) is 0 Å². The highest BCUT2D eigenvalue weighted by molar-refractivity contribution is 7.80. The standard InChI is InChI=1S/C27H28N2O5S/c30-26(20-8-12-23(13-9-20)33-18-17-32-22-5-2-1-3-6-22)29-27(35)28-21-10-14-24(15-11-21)34-19-25-7-4-16-31-25/h1-3,5-6,8-15,25H,4,7,16-19H2,(H2,28,29,30,35). The Bertz CT molecular complexity index is 1080. The number of thiocarbonyl (C=S) groups is 1. The molecule has 1 atom stereocenters. The fourth-order valence-electron chi connectivity index (χ4n) is 3.48. The quantitative estimate of drug-likeness (QED) is 0.310. The summed E-state index contributed by atoms with van der Waals surface area (Å²) in [6.45, 7) is 2.18.